The minimum Gasteiger partial charge on any atom is -0.410 e. The number of hydrogen-bond donors (Lipinski definition) is 1. The Balaban J connectivity index is 2.13. The van der Waals surface area contributed by atoms with Gasteiger partial charge in [-0.1, -0.05) is 36.4 Å². The number of hydrogen-bond acceptors (Lipinski definition) is 2. The zero-order valence-corrected chi connectivity index (χ0v) is 12.1. The van der Waals surface area contributed by atoms with Gasteiger partial charge in [-0.15, -0.1) is 11.6 Å². The Labute approximate surface area is 123 Å². The maximum atomic E-state index is 11.9. The Hall–Kier alpha value is -2.00. The van der Waals surface area contributed by atoms with E-state index in [0.29, 0.717) is 11.4 Å². The number of rotatable bonds is 3. The molecule has 0 radical (unpaired) electrons. The molecule has 0 heterocycles. The molecular formula is C16H16ClNO2. The highest BCUT2D eigenvalue weighted by Gasteiger charge is 2.22. The topological polar surface area (TPSA) is 38.3 Å². The molecule has 3 nitrogen and oxygen atoms in total. The normalized spacial score (nSPS) is 10.9. The van der Waals surface area contributed by atoms with Gasteiger partial charge in [0.15, 0.2) is 0 Å². The van der Waals surface area contributed by atoms with Gasteiger partial charge in [0.2, 0.25) is 0 Å². The number of alkyl halides is 1. The van der Waals surface area contributed by atoms with Crippen LogP contribution in [0.3, 0.4) is 0 Å². The SMILES string of the molecule is CC(C)(Cl)c1ccccc1OC(=O)Nc1ccccc1. The molecule has 1 N–H and O–H groups in total. The van der Waals surface area contributed by atoms with Gasteiger partial charge in [0, 0.05) is 11.3 Å². The second-order valence-electron chi connectivity index (χ2n) is 4.85. The van der Waals surface area contributed by atoms with Crippen LogP contribution in [0, 0.1) is 0 Å². The molecule has 0 saturated carbocycles. The lowest BCUT2D eigenvalue weighted by atomic mass is 10.0. The molecule has 0 fully saturated rings. The highest BCUT2D eigenvalue weighted by Crippen LogP contribution is 2.34. The van der Waals surface area contributed by atoms with Crippen molar-refractivity contribution in [2.75, 3.05) is 5.32 Å². The first kappa shape index (κ1) is 14.4. The average Bonchev–Trinajstić information content (AvgIpc) is 2.39. The quantitative estimate of drug-likeness (QED) is 0.827. The van der Waals surface area contributed by atoms with Crippen molar-refractivity contribution in [2.45, 2.75) is 18.7 Å². The second-order valence-corrected chi connectivity index (χ2v) is 5.79. The van der Waals surface area contributed by atoms with Crippen LogP contribution < -0.4 is 10.1 Å². The van der Waals surface area contributed by atoms with E-state index in [1.807, 2.05) is 44.2 Å². The van der Waals surface area contributed by atoms with E-state index >= 15 is 0 Å². The van der Waals surface area contributed by atoms with Crippen molar-refractivity contribution >= 4 is 23.4 Å². The van der Waals surface area contributed by atoms with Crippen LogP contribution in [0.15, 0.2) is 54.6 Å². The van der Waals surface area contributed by atoms with Crippen molar-refractivity contribution in [2.24, 2.45) is 0 Å². The third-order valence-corrected chi connectivity index (χ3v) is 2.95. The maximum Gasteiger partial charge on any atom is 0.417 e. The number of anilines is 1. The summed E-state index contributed by atoms with van der Waals surface area (Å²) in [7, 11) is 0. The zero-order valence-electron chi connectivity index (χ0n) is 11.4. The first-order valence-electron chi connectivity index (χ1n) is 6.29. The smallest absolute Gasteiger partial charge is 0.410 e. The van der Waals surface area contributed by atoms with Crippen LogP contribution in [0.1, 0.15) is 19.4 Å². The van der Waals surface area contributed by atoms with E-state index in [2.05, 4.69) is 5.32 Å². The van der Waals surface area contributed by atoms with Crippen molar-refractivity contribution in [1.82, 2.24) is 0 Å². The summed E-state index contributed by atoms with van der Waals surface area (Å²) in [5.41, 5.74) is 1.45. The molecule has 1 amide bonds. The minimum atomic E-state index is -0.608. The van der Waals surface area contributed by atoms with Gasteiger partial charge in [-0.2, -0.15) is 0 Å². The summed E-state index contributed by atoms with van der Waals surface area (Å²) in [5, 5.41) is 2.66. The standard InChI is InChI=1S/C16H16ClNO2/c1-16(2,17)13-10-6-7-11-14(13)20-15(19)18-12-8-4-3-5-9-12/h3-11H,1-2H3,(H,18,19). The Morgan fingerprint density at radius 3 is 2.30 bits per heavy atom. The molecule has 0 saturated heterocycles. The summed E-state index contributed by atoms with van der Waals surface area (Å²) in [6.07, 6.45) is -0.537. The van der Waals surface area contributed by atoms with E-state index < -0.39 is 11.0 Å². The Morgan fingerprint density at radius 1 is 1.05 bits per heavy atom. The molecule has 104 valence electrons. The lowest BCUT2D eigenvalue weighted by Gasteiger charge is -2.19. The fraction of sp³-hybridized carbons (Fsp3) is 0.188. The maximum absolute atomic E-state index is 11.9. The van der Waals surface area contributed by atoms with E-state index in [0.717, 1.165) is 5.56 Å². The van der Waals surface area contributed by atoms with Crippen LogP contribution in [0.2, 0.25) is 0 Å². The van der Waals surface area contributed by atoms with Gasteiger partial charge in [-0.25, -0.2) is 4.79 Å². The number of carbonyl (C=O) groups excluding carboxylic acids is 1. The molecule has 0 atom stereocenters. The third-order valence-electron chi connectivity index (χ3n) is 2.75. The molecule has 0 aromatic heterocycles. The van der Waals surface area contributed by atoms with Crippen molar-refractivity contribution in [3.05, 3.63) is 60.2 Å². The fourth-order valence-corrected chi connectivity index (χ4v) is 1.97. The van der Waals surface area contributed by atoms with Crippen LogP contribution in [0.4, 0.5) is 10.5 Å². The molecular weight excluding hydrogens is 274 g/mol. The predicted octanol–water partition coefficient (Wildman–Crippen LogP) is 4.77. The molecule has 2 rings (SSSR count). The number of para-hydroxylation sites is 2. The molecule has 2 aromatic rings. The highest BCUT2D eigenvalue weighted by molar-refractivity contribution is 6.23. The Morgan fingerprint density at radius 2 is 1.65 bits per heavy atom. The van der Waals surface area contributed by atoms with Crippen LogP contribution in [-0.2, 0) is 4.87 Å². The molecule has 20 heavy (non-hydrogen) atoms. The van der Waals surface area contributed by atoms with E-state index in [9.17, 15) is 4.79 Å². The van der Waals surface area contributed by atoms with Crippen LogP contribution in [0.5, 0.6) is 5.75 Å². The van der Waals surface area contributed by atoms with Gasteiger partial charge < -0.3 is 4.74 Å². The third kappa shape index (κ3) is 3.75. The van der Waals surface area contributed by atoms with E-state index in [-0.39, 0.29) is 0 Å². The molecule has 0 aliphatic carbocycles. The lowest BCUT2D eigenvalue weighted by molar-refractivity contribution is 0.214. The van der Waals surface area contributed by atoms with Crippen molar-refractivity contribution < 1.29 is 9.53 Å². The number of benzene rings is 2. The Kier molecular flexibility index (Phi) is 4.30. The van der Waals surface area contributed by atoms with E-state index in [1.54, 1.807) is 24.3 Å². The summed E-state index contributed by atoms with van der Waals surface area (Å²) in [6.45, 7) is 3.71. The van der Waals surface area contributed by atoms with E-state index in [1.165, 1.54) is 0 Å². The van der Waals surface area contributed by atoms with Gasteiger partial charge in [0.05, 0.1) is 4.87 Å². The molecule has 2 aromatic carbocycles. The van der Waals surface area contributed by atoms with Gasteiger partial charge in [-0.3, -0.25) is 5.32 Å². The Bertz CT molecular complexity index is 591. The number of amides is 1. The van der Waals surface area contributed by atoms with Gasteiger partial charge in [0.1, 0.15) is 5.75 Å². The van der Waals surface area contributed by atoms with Gasteiger partial charge >= 0.3 is 6.09 Å². The summed E-state index contributed by atoms with van der Waals surface area (Å²) in [6, 6.07) is 16.4. The zero-order chi connectivity index (χ0) is 14.6. The average molecular weight is 290 g/mol. The number of carbonyl (C=O) groups is 1. The summed E-state index contributed by atoms with van der Waals surface area (Å²) in [4.78, 5) is 11.3. The largest absolute Gasteiger partial charge is 0.417 e. The number of halogens is 1. The molecule has 4 heteroatoms. The number of ether oxygens (including phenoxy) is 1. The monoisotopic (exact) mass is 289 g/mol. The molecule has 0 bridgehead atoms. The molecule has 0 spiro atoms. The summed E-state index contributed by atoms with van der Waals surface area (Å²) in [5.74, 6) is 0.459. The van der Waals surface area contributed by atoms with Crippen LogP contribution in [-0.4, -0.2) is 6.09 Å². The molecule has 0 unspecified atom stereocenters. The highest BCUT2D eigenvalue weighted by atomic mass is 35.5. The minimum absolute atomic E-state index is 0.459. The fourth-order valence-electron chi connectivity index (χ4n) is 1.81. The first-order chi connectivity index (χ1) is 9.47. The van der Waals surface area contributed by atoms with E-state index in [4.69, 9.17) is 16.3 Å². The summed E-state index contributed by atoms with van der Waals surface area (Å²) >= 11 is 6.30. The van der Waals surface area contributed by atoms with Crippen LogP contribution >= 0.6 is 11.6 Å². The van der Waals surface area contributed by atoms with Crippen LogP contribution in [0.25, 0.3) is 0 Å². The van der Waals surface area contributed by atoms with Gasteiger partial charge in [-0.05, 0) is 32.0 Å². The second kappa shape index (κ2) is 5.97. The lowest BCUT2D eigenvalue weighted by Crippen LogP contribution is -2.19. The van der Waals surface area contributed by atoms with Crippen molar-refractivity contribution in [3.8, 4) is 5.75 Å². The van der Waals surface area contributed by atoms with Crippen molar-refractivity contribution in [3.63, 3.8) is 0 Å². The first-order valence-corrected chi connectivity index (χ1v) is 6.67. The molecule has 0 aliphatic rings. The molecule has 0 aliphatic heterocycles. The summed E-state index contributed by atoms with van der Waals surface area (Å²) < 4.78 is 5.34. The predicted molar refractivity (Wildman–Crippen MR) is 81.4 cm³/mol. The number of nitrogens with one attached hydrogen (secondary N) is 1. The van der Waals surface area contributed by atoms with Gasteiger partial charge in [0.25, 0.3) is 0 Å². The van der Waals surface area contributed by atoms with Crippen molar-refractivity contribution in [1.29, 1.82) is 0 Å².